The van der Waals surface area contributed by atoms with Crippen molar-refractivity contribution in [1.82, 2.24) is 5.32 Å². The van der Waals surface area contributed by atoms with Gasteiger partial charge in [0.2, 0.25) is 0 Å². The minimum atomic E-state index is -6.91. The van der Waals surface area contributed by atoms with E-state index in [2.05, 4.69) is 42.5 Å². The van der Waals surface area contributed by atoms with Crippen LogP contribution in [0, 0.1) is 5.82 Å². The molecule has 1 atom stereocenters. The molecule has 220 valence electrons. The van der Waals surface area contributed by atoms with Gasteiger partial charge in [0.25, 0.3) is 11.8 Å². The van der Waals surface area contributed by atoms with Crippen molar-refractivity contribution in [2.75, 3.05) is 12.4 Å². The van der Waals surface area contributed by atoms with Crippen LogP contribution in [0.2, 0.25) is 0 Å². The van der Waals surface area contributed by atoms with Crippen molar-refractivity contribution in [1.29, 1.82) is 0 Å². The van der Waals surface area contributed by atoms with Crippen LogP contribution in [0.4, 0.5) is 49.6 Å². The summed E-state index contributed by atoms with van der Waals surface area (Å²) in [5.74, 6) is -9.33. The van der Waals surface area contributed by atoms with Gasteiger partial charge in [0.15, 0.2) is 0 Å². The summed E-state index contributed by atoms with van der Waals surface area (Å²) < 4.78 is 135. The van der Waals surface area contributed by atoms with Crippen LogP contribution in [0.3, 0.4) is 0 Å². The van der Waals surface area contributed by atoms with Crippen LogP contribution in [0.1, 0.15) is 26.3 Å². The molecule has 4 nitrogen and oxygen atoms in total. The summed E-state index contributed by atoms with van der Waals surface area (Å²) in [5, 5.41) is 4.55. The molecule has 3 aromatic carbocycles. The monoisotopic (exact) mass is 722 g/mol. The molecule has 2 amide bonds. The van der Waals surface area contributed by atoms with Crippen LogP contribution in [0.25, 0.3) is 11.1 Å². The van der Waals surface area contributed by atoms with Crippen molar-refractivity contribution >= 4 is 49.4 Å². The molecule has 0 aliphatic carbocycles. The molecule has 16 heteroatoms. The Bertz CT molecular complexity index is 1490. The fraction of sp³-hybridized carbons (Fsp3) is 0.200. The van der Waals surface area contributed by atoms with Crippen LogP contribution in [-0.2, 0) is 5.67 Å². The molecule has 0 heterocycles. The number of alkyl halides is 9. The lowest BCUT2D eigenvalue weighted by Crippen LogP contribution is -2.59. The van der Waals surface area contributed by atoms with E-state index in [-0.39, 0.29) is 34.4 Å². The first-order valence-electron chi connectivity index (χ1n) is 10.9. The average Bonchev–Trinajstić information content (AvgIpc) is 2.87. The molecule has 41 heavy (non-hydrogen) atoms. The quantitative estimate of drug-likeness (QED) is 0.251. The number of benzene rings is 3. The summed E-state index contributed by atoms with van der Waals surface area (Å²) in [4.78, 5) is 25.1. The van der Waals surface area contributed by atoms with E-state index in [0.717, 1.165) is 12.1 Å². The Hall–Kier alpha value is -3.14. The number of nitrogens with one attached hydrogen (secondary N) is 2. The highest BCUT2D eigenvalue weighted by Crippen LogP contribution is 2.59. The maximum Gasteiger partial charge on any atom is 0.457 e. The van der Waals surface area contributed by atoms with E-state index in [1.54, 1.807) is 0 Å². The van der Waals surface area contributed by atoms with Crippen molar-refractivity contribution in [3.05, 3.63) is 86.1 Å². The number of halogens is 12. The third kappa shape index (κ3) is 5.80. The van der Waals surface area contributed by atoms with Crippen LogP contribution in [-0.4, -0.2) is 37.1 Å². The number of hydrogen-bond donors (Lipinski definition) is 2. The van der Waals surface area contributed by atoms with Gasteiger partial charge in [-0.15, -0.1) is 0 Å². The molecular formula is C25H14Br2F10N2O2. The number of carbonyl (C=O) groups is 2. The van der Waals surface area contributed by atoms with Crippen molar-refractivity contribution < 1.29 is 53.5 Å². The van der Waals surface area contributed by atoms with Gasteiger partial charge in [-0.3, -0.25) is 9.59 Å². The van der Waals surface area contributed by atoms with E-state index >= 15 is 0 Å². The maximum absolute atomic E-state index is 14.9. The number of amides is 2. The SMILES string of the molecule is CNC(=O)c1cccc(F)c1-c1cccc(C(=O)Nc2c(Br)cc(C(F)(C(F)(F)F)C(F)(F)C(F)(F)F)cc2Br)c1. The lowest BCUT2D eigenvalue weighted by molar-refractivity contribution is -0.389. The molecule has 0 fully saturated rings. The largest absolute Gasteiger partial charge is 0.457 e. The Morgan fingerprint density at radius 1 is 0.756 bits per heavy atom. The zero-order chi connectivity index (χ0) is 31.1. The predicted octanol–water partition coefficient (Wildman–Crippen LogP) is 8.55. The van der Waals surface area contributed by atoms with E-state index in [1.807, 2.05) is 0 Å². The molecule has 0 spiro atoms. The maximum atomic E-state index is 14.9. The topological polar surface area (TPSA) is 58.2 Å². The molecule has 0 aliphatic rings. The molecular weight excluding hydrogens is 710 g/mol. The highest BCUT2D eigenvalue weighted by atomic mass is 79.9. The Kier molecular flexibility index (Phi) is 8.90. The molecule has 3 rings (SSSR count). The lowest BCUT2D eigenvalue weighted by atomic mass is 9.87. The Balaban J connectivity index is 2.05. The van der Waals surface area contributed by atoms with Gasteiger partial charge in [0, 0.05) is 32.7 Å². The van der Waals surface area contributed by atoms with Crippen molar-refractivity contribution in [3.8, 4) is 11.1 Å². The van der Waals surface area contributed by atoms with Gasteiger partial charge in [-0.05, 0) is 73.8 Å². The van der Waals surface area contributed by atoms with Gasteiger partial charge in [-0.2, -0.15) is 35.1 Å². The summed E-state index contributed by atoms with van der Waals surface area (Å²) in [6.07, 6.45) is -13.6. The van der Waals surface area contributed by atoms with E-state index in [1.165, 1.54) is 37.4 Å². The highest BCUT2D eigenvalue weighted by Gasteiger charge is 2.81. The fourth-order valence-electron chi connectivity index (χ4n) is 3.75. The molecule has 0 radical (unpaired) electrons. The first-order valence-corrected chi connectivity index (χ1v) is 12.5. The van der Waals surface area contributed by atoms with Crippen molar-refractivity contribution in [2.45, 2.75) is 23.9 Å². The van der Waals surface area contributed by atoms with E-state index < -0.39 is 61.8 Å². The second-order valence-electron chi connectivity index (χ2n) is 8.32. The molecule has 0 aromatic heterocycles. The minimum Gasteiger partial charge on any atom is -0.355 e. The lowest BCUT2D eigenvalue weighted by Gasteiger charge is -2.36. The van der Waals surface area contributed by atoms with Gasteiger partial charge < -0.3 is 10.6 Å². The van der Waals surface area contributed by atoms with E-state index in [4.69, 9.17) is 0 Å². The number of anilines is 1. The summed E-state index contributed by atoms with van der Waals surface area (Å²) in [6.45, 7) is 0. The molecule has 0 aliphatic heterocycles. The summed E-state index contributed by atoms with van der Waals surface area (Å²) in [5.41, 5.74) is -9.10. The fourth-order valence-corrected chi connectivity index (χ4v) is 5.14. The van der Waals surface area contributed by atoms with Gasteiger partial charge in [-0.25, -0.2) is 8.78 Å². The summed E-state index contributed by atoms with van der Waals surface area (Å²) in [7, 11) is 1.31. The van der Waals surface area contributed by atoms with Crippen LogP contribution in [0.5, 0.6) is 0 Å². The molecule has 0 bridgehead atoms. The van der Waals surface area contributed by atoms with Crippen LogP contribution < -0.4 is 10.6 Å². The summed E-state index contributed by atoms with van der Waals surface area (Å²) in [6, 6.07) is 8.82. The van der Waals surface area contributed by atoms with Gasteiger partial charge in [-0.1, -0.05) is 18.2 Å². The van der Waals surface area contributed by atoms with Gasteiger partial charge in [0.1, 0.15) is 5.82 Å². The molecule has 0 saturated heterocycles. The second-order valence-corrected chi connectivity index (χ2v) is 10.0. The smallest absolute Gasteiger partial charge is 0.355 e. The van der Waals surface area contributed by atoms with Gasteiger partial charge >= 0.3 is 23.9 Å². The van der Waals surface area contributed by atoms with Gasteiger partial charge in [0.05, 0.1) is 11.3 Å². The van der Waals surface area contributed by atoms with Crippen LogP contribution in [0.15, 0.2) is 63.5 Å². The third-order valence-electron chi connectivity index (χ3n) is 5.76. The van der Waals surface area contributed by atoms with E-state index in [9.17, 15) is 53.5 Å². The van der Waals surface area contributed by atoms with Crippen LogP contribution >= 0.6 is 31.9 Å². The highest BCUT2D eigenvalue weighted by molar-refractivity contribution is 9.11. The first kappa shape index (κ1) is 32.4. The number of hydrogen-bond acceptors (Lipinski definition) is 2. The second kappa shape index (κ2) is 11.3. The standard InChI is InChI=1S/C25H14Br2F10N2O2/c1-38-21(41)14-6-3-7-17(28)18(14)11-4-2-5-12(8-11)20(40)39-19-15(26)9-13(10-16(19)27)22(29,24(32,33)34)23(30,31)25(35,36)37/h2-10H,1H3,(H,38,41)(H,39,40). The normalized spacial score (nSPS) is 13.9. The Morgan fingerprint density at radius 3 is 1.83 bits per heavy atom. The zero-order valence-corrected chi connectivity index (χ0v) is 23.2. The third-order valence-corrected chi connectivity index (χ3v) is 7.01. The average molecular weight is 724 g/mol. The Morgan fingerprint density at radius 2 is 1.32 bits per heavy atom. The van der Waals surface area contributed by atoms with Crippen molar-refractivity contribution in [3.63, 3.8) is 0 Å². The minimum absolute atomic E-state index is 0.0267. The van der Waals surface area contributed by atoms with E-state index in [0.29, 0.717) is 0 Å². The Labute approximate surface area is 241 Å². The number of carbonyl (C=O) groups excluding carboxylic acids is 2. The molecule has 1 unspecified atom stereocenters. The summed E-state index contributed by atoms with van der Waals surface area (Å²) >= 11 is 5.34. The molecule has 3 aromatic rings. The molecule has 0 saturated carbocycles. The molecule has 2 N–H and O–H groups in total. The number of rotatable bonds is 6. The predicted molar refractivity (Wildman–Crippen MR) is 135 cm³/mol. The zero-order valence-electron chi connectivity index (χ0n) is 20.0. The first-order chi connectivity index (χ1) is 18.8. The van der Waals surface area contributed by atoms with Crippen molar-refractivity contribution in [2.24, 2.45) is 0 Å².